The van der Waals surface area contributed by atoms with E-state index in [1.165, 1.54) is 17.7 Å². The van der Waals surface area contributed by atoms with Gasteiger partial charge in [-0.2, -0.15) is 0 Å². The fraction of sp³-hybridized carbons (Fsp3) is 0.0909. The Bertz CT molecular complexity index is 646. The first-order valence-electron chi connectivity index (χ1n) is 4.52. The van der Waals surface area contributed by atoms with E-state index >= 15 is 0 Å². The van der Waals surface area contributed by atoms with E-state index in [2.05, 4.69) is 0 Å². The van der Waals surface area contributed by atoms with Gasteiger partial charge in [-0.05, 0) is 18.2 Å². The van der Waals surface area contributed by atoms with Crippen molar-refractivity contribution >= 4 is 28.8 Å². The lowest BCUT2D eigenvalue weighted by Crippen LogP contribution is -2.21. The van der Waals surface area contributed by atoms with Crippen molar-refractivity contribution in [3.63, 3.8) is 0 Å². The van der Waals surface area contributed by atoms with E-state index < -0.39 is 5.56 Å². The molecule has 0 unspecified atom stereocenters. The molecular formula is C11H8ClNO3. The maximum atomic E-state index is 11.7. The molecule has 4 nitrogen and oxygen atoms in total. The molecule has 2 aromatic rings. The predicted octanol–water partition coefficient (Wildman–Crippen LogP) is 1.71. The van der Waals surface area contributed by atoms with Crippen molar-refractivity contribution in [2.75, 3.05) is 0 Å². The third-order valence-corrected chi connectivity index (χ3v) is 2.72. The van der Waals surface area contributed by atoms with Crippen LogP contribution in [0, 0.1) is 0 Å². The third-order valence-electron chi connectivity index (χ3n) is 2.48. The number of carbonyl (C=O) groups excluding carboxylic acids is 1. The lowest BCUT2D eigenvalue weighted by molar-refractivity contribution is 0.111. The second-order valence-electron chi connectivity index (χ2n) is 3.41. The van der Waals surface area contributed by atoms with Crippen LogP contribution in [0.1, 0.15) is 10.4 Å². The van der Waals surface area contributed by atoms with Gasteiger partial charge in [-0.1, -0.05) is 11.6 Å². The minimum absolute atomic E-state index is 0.253. The average molecular weight is 238 g/mol. The molecule has 2 rings (SSSR count). The number of rotatable bonds is 1. The Kier molecular flexibility index (Phi) is 2.44. The van der Waals surface area contributed by atoms with Gasteiger partial charge in [0.15, 0.2) is 6.29 Å². The van der Waals surface area contributed by atoms with Gasteiger partial charge in [0.05, 0.1) is 5.52 Å². The molecule has 0 aliphatic heterocycles. The normalized spacial score (nSPS) is 10.6. The summed E-state index contributed by atoms with van der Waals surface area (Å²) in [6, 6.07) is 4.75. The van der Waals surface area contributed by atoms with E-state index in [1.54, 1.807) is 12.1 Å². The van der Waals surface area contributed by atoms with Gasteiger partial charge in [0, 0.05) is 17.5 Å². The molecule has 0 saturated carbocycles. The smallest absolute Gasteiger partial charge is 0.265 e. The number of halogens is 1. The summed E-state index contributed by atoms with van der Waals surface area (Å²) in [5.74, 6) is -0.324. The molecule has 0 aliphatic rings. The van der Waals surface area contributed by atoms with Crippen LogP contribution in [0.4, 0.5) is 0 Å². The number of aldehydes is 1. The number of fused-ring (bicyclic) bond motifs is 1. The van der Waals surface area contributed by atoms with Crippen LogP contribution < -0.4 is 5.56 Å². The van der Waals surface area contributed by atoms with Gasteiger partial charge in [-0.3, -0.25) is 9.59 Å². The van der Waals surface area contributed by atoms with Crippen molar-refractivity contribution < 1.29 is 9.90 Å². The molecule has 0 amide bonds. The van der Waals surface area contributed by atoms with Crippen LogP contribution in [-0.2, 0) is 7.05 Å². The van der Waals surface area contributed by atoms with Crippen LogP contribution >= 0.6 is 11.6 Å². The highest BCUT2D eigenvalue weighted by molar-refractivity contribution is 6.31. The number of pyridine rings is 1. The molecule has 1 aromatic heterocycles. The Balaban J connectivity index is 3.08. The van der Waals surface area contributed by atoms with Crippen LogP contribution in [0.25, 0.3) is 10.9 Å². The molecule has 0 spiro atoms. The second kappa shape index (κ2) is 3.64. The molecular weight excluding hydrogens is 230 g/mol. The molecule has 16 heavy (non-hydrogen) atoms. The molecule has 0 bridgehead atoms. The summed E-state index contributed by atoms with van der Waals surface area (Å²) in [5, 5.41) is 10.6. The van der Waals surface area contributed by atoms with Crippen LogP contribution in [-0.4, -0.2) is 16.0 Å². The highest BCUT2D eigenvalue weighted by atomic mass is 35.5. The Morgan fingerprint density at radius 2 is 2.12 bits per heavy atom. The van der Waals surface area contributed by atoms with Crippen LogP contribution in [0.3, 0.4) is 0 Å². The van der Waals surface area contributed by atoms with Gasteiger partial charge in [0.1, 0.15) is 11.3 Å². The second-order valence-corrected chi connectivity index (χ2v) is 3.84. The molecule has 0 saturated heterocycles. The zero-order valence-electron chi connectivity index (χ0n) is 8.40. The van der Waals surface area contributed by atoms with Crippen molar-refractivity contribution in [3.05, 3.63) is 39.1 Å². The summed E-state index contributed by atoms with van der Waals surface area (Å²) >= 11 is 5.79. The number of benzene rings is 1. The Morgan fingerprint density at radius 3 is 2.75 bits per heavy atom. The minimum Gasteiger partial charge on any atom is -0.506 e. The Hall–Kier alpha value is -1.81. The summed E-state index contributed by atoms with van der Waals surface area (Å²) in [5.41, 5.74) is -0.253. The third kappa shape index (κ3) is 1.39. The highest BCUT2D eigenvalue weighted by Crippen LogP contribution is 2.27. The van der Waals surface area contributed by atoms with Gasteiger partial charge in [0.2, 0.25) is 0 Å². The zero-order valence-corrected chi connectivity index (χ0v) is 9.15. The number of aryl methyl sites for hydroxylation is 1. The molecule has 82 valence electrons. The van der Waals surface area contributed by atoms with E-state index in [-0.39, 0.29) is 11.3 Å². The summed E-state index contributed by atoms with van der Waals surface area (Å²) in [6.45, 7) is 0. The summed E-state index contributed by atoms with van der Waals surface area (Å²) in [4.78, 5) is 22.4. The number of carbonyl (C=O) groups is 1. The van der Waals surface area contributed by atoms with E-state index in [4.69, 9.17) is 11.6 Å². The molecule has 0 fully saturated rings. The van der Waals surface area contributed by atoms with Gasteiger partial charge >= 0.3 is 0 Å². The number of hydrogen-bond acceptors (Lipinski definition) is 3. The maximum absolute atomic E-state index is 11.7. The lowest BCUT2D eigenvalue weighted by atomic mass is 10.1. The van der Waals surface area contributed by atoms with Crippen molar-refractivity contribution in [1.29, 1.82) is 0 Å². The van der Waals surface area contributed by atoms with Crippen LogP contribution in [0.15, 0.2) is 23.0 Å². The molecule has 1 heterocycles. The van der Waals surface area contributed by atoms with Crippen LogP contribution in [0.5, 0.6) is 5.75 Å². The minimum atomic E-state index is -0.526. The number of aromatic hydroxyl groups is 1. The van der Waals surface area contributed by atoms with Gasteiger partial charge in [0.25, 0.3) is 5.56 Å². The predicted molar refractivity (Wildman–Crippen MR) is 61.3 cm³/mol. The quantitative estimate of drug-likeness (QED) is 0.768. The van der Waals surface area contributed by atoms with Crippen LogP contribution in [0.2, 0.25) is 5.02 Å². The molecule has 1 N–H and O–H groups in total. The molecule has 5 heteroatoms. The summed E-state index contributed by atoms with van der Waals surface area (Å²) in [7, 11) is 1.53. The van der Waals surface area contributed by atoms with Gasteiger partial charge in [-0.15, -0.1) is 0 Å². The summed E-state index contributed by atoms with van der Waals surface area (Å²) in [6.07, 6.45) is 0.345. The van der Waals surface area contributed by atoms with Crippen molar-refractivity contribution in [3.8, 4) is 5.75 Å². The fourth-order valence-corrected chi connectivity index (χ4v) is 1.81. The molecule has 1 aromatic carbocycles. The van der Waals surface area contributed by atoms with E-state index in [1.807, 2.05) is 0 Å². The standard InChI is InChI=1S/C11H8ClNO3/c1-13-9-3-2-6(12)4-7(9)10(15)8(5-14)11(13)16/h2-5,15H,1H3. The fourth-order valence-electron chi connectivity index (χ4n) is 1.63. The number of hydrogen-bond donors (Lipinski definition) is 1. The first kappa shape index (κ1) is 10.7. The number of nitrogens with zero attached hydrogens (tertiary/aromatic N) is 1. The SMILES string of the molecule is Cn1c(=O)c(C=O)c(O)c2cc(Cl)ccc21. The Labute approximate surface area is 95.7 Å². The first-order chi connectivity index (χ1) is 7.56. The molecule has 0 atom stereocenters. The first-order valence-corrected chi connectivity index (χ1v) is 4.90. The zero-order chi connectivity index (χ0) is 11.9. The monoisotopic (exact) mass is 237 g/mol. The molecule has 0 aliphatic carbocycles. The number of aromatic nitrogens is 1. The van der Waals surface area contributed by atoms with Crippen molar-refractivity contribution in [1.82, 2.24) is 4.57 Å². The van der Waals surface area contributed by atoms with E-state index in [0.29, 0.717) is 22.2 Å². The maximum Gasteiger partial charge on any atom is 0.265 e. The van der Waals surface area contributed by atoms with E-state index in [9.17, 15) is 14.7 Å². The Morgan fingerprint density at radius 1 is 1.44 bits per heavy atom. The largest absolute Gasteiger partial charge is 0.506 e. The van der Waals surface area contributed by atoms with Crippen molar-refractivity contribution in [2.45, 2.75) is 0 Å². The van der Waals surface area contributed by atoms with Gasteiger partial charge in [-0.25, -0.2) is 0 Å². The highest BCUT2D eigenvalue weighted by Gasteiger charge is 2.13. The average Bonchev–Trinajstić information content (AvgIpc) is 2.27. The van der Waals surface area contributed by atoms with Gasteiger partial charge < -0.3 is 9.67 Å². The van der Waals surface area contributed by atoms with E-state index in [0.717, 1.165) is 0 Å². The topological polar surface area (TPSA) is 59.3 Å². The molecule has 0 radical (unpaired) electrons. The lowest BCUT2D eigenvalue weighted by Gasteiger charge is -2.08. The van der Waals surface area contributed by atoms with Crippen molar-refractivity contribution in [2.24, 2.45) is 7.05 Å². The summed E-state index contributed by atoms with van der Waals surface area (Å²) < 4.78 is 1.30.